The summed E-state index contributed by atoms with van der Waals surface area (Å²) in [7, 11) is 1.60. The molecule has 56 heavy (non-hydrogen) atoms. The Labute approximate surface area is 333 Å². The van der Waals surface area contributed by atoms with Gasteiger partial charge in [-0.2, -0.15) is 0 Å². The fourth-order valence-corrected chi connectivity index (χ4v) is 6.84. The Morgan fingerprint density at radius 1 is 1.12 bits per heavy atom. The first-order chi connectivity index (χ1) is 27.1. The number of ether oxygens (including phenoxy) is 3. The van der Waals surface area contributed by atoms with E-state index in [1.807, 2.05) is 24.3 Å². The molecule has 14 heteroatoms. The number of hydrogen-bond acceptors (Lipinski definition) is 11. The third-order valence-electron chi connectivity index (χ3n) is 9.79. The number of aliphatic carboxylic acids is 1. The number of rotatable bonds is 20. The van der Waals surface area contributed by atoms with Crippen molar-refractivity contribution in [2.75, 3.05) is 51.9 Å². The molecular weight excluding hydrogens is 743 g/mol. The maximum Gasteiger partial charge on any atom is 0.303 e. The Balaban J connectivity index is 0.000000256. The number of Topliss-reactive ketones (excluding diaryl/α,β-unsaturated/α-hetero) is 1. The van der Waals surface area contributed by atoms with Gasteiger partial charge in [0.2, 0.25) is 0 Å². The van der Waals surface area contributed by atoms with Crippen molar-refractivity contribution >= 4 is 45.8 Å². The quantitative estimate of drug-likeness (QED) is 0.0658. The van der Waals surface area contributed by atoms with E-state index in [1.165, 1.54) is 18.5 Å². The number of aliphatic hydroxyl groups is 2. The molecule has 3 aromatic rings. The second-order valence-corrected chi connectivity index (χ2v) is 14.4. The number of hydrogen-bond donors (Lipinski definition) is 4. The second kappa shape index (κ2) is 23.8. The average Bonchev–Trinajstić information content (AvgIpc) is 3.46. The van der Waals surface area contributed by atoms with Crippen LogP contribution in [0.4, 0.5) is 15.9 Å². The number of aliphatic hydroxyl groups excluding tert-OH is 2. The van der Waals surface area contributed by atoms with Crippen molar-refractivity contribution in [3.05, 3.63) is 71.8 Å². The number of ketones is 1. The van der Waals surface area contributed by atoms with E-state index >= 15 is 0 Å². The van der Waals surface area contributed by atoms with Crippen LogP contribution >= 0.6 is 11.6 Å². The molecular formula is C42H56ClFN4O8. The summed E-state index contributed by atoms with van der Waals surface area (Å²) in [5.41, 5.74) is 1.32. The van der Waals surface area contributed by atoms with Gasteiger partial charge < -0.3 is 34.8 Å². The van der Waals surface area contributed by atoms with E-state index in [2.05, 4.69) is 27.1 Å². The van der Waals surface area contributed by atoms with Crippen molar-refractivity contribution in [1.29, 1.82) is 0 Å². The first kappa shape index (κ1) is 44.6. The molecule has 1 saturated carbocycles. The van der Waals surface area contributed by atoms with E-state index in [0.717, 1.165) is 63.9 Å². The highest BCUT2D eigenvalue weighted by Crippen LogP contribution is 2.36. The van der Waals surface area contributed by atoms with Gasteiger partial charge in [0.05, 0.1) is 49.7 Å². The van der Waals surface area contributed by atoms with Gasteiger partial charge in [0.1, 0.15) is 23.7 Å². The van der Waals surface area contributed by atoms with Crippen molar-refractivity contribution in [1.82, 2.24) is 14.9 Å². The van der Waals surface area contributed by atoms with E-state index < -0.39 is 24.0 Å². The van der Waals surface area contributed by atoms with Crippen LogP contribution in [-0.4, -0.2) is 101 Å². The van der Waals surface area contributed by atoms with Crippen LogP contribution in [0.5, 0.6) is 11.5 Å². The number of aromatic nitrogens is 2. The maximum atomic E-state index is 13.5. The smallest absolute Gasteiger partial charge is 0.303 e. The molecule has 1 aliphatic carbocycles. The van der Waals surface area contributed by atoms with Gasteiger partial charge in [-0.25, -0.2) is 14.4 Å². The third kappa shape index (κ3) is 14.4. The lowest BCUT2D eigenvalue weighted by Gasteiger charge is -2.26. The molecule has 306 valence electrons. The zero-order valence-corrected chi connectivity index (χ0v) is 33.1. The lowest BCUT2D eigenvalue weighted by molar-refractivity contribution is -0.137. The number of allylic oxidation sites excluding steroid dienone is 2. The fraction of sp³-hybridized carbons (Fsp3) is 0.524. The topological polar surface area (TPSA) is 164 Å². The van der Waals surface area contributed by atoms with E-state index in [1.54, 1.807) is 25.3 Å². The number of halogens is 2. The fourth-order valence-electron chi connectivity index (χ4n) is 6.66. The summed E-state index contributed by atoms with van der Waals surface area (Å²) in [5, 5.41) is 32.6. The molecule has 5 rings (SSSR count). The summed E-state index contributed by atoms with van der Waals surface area (Å²) in [6.45, 7) is 7.12. The summed E-state index contributed by atoms with van der Waals surface area (Å²) in [5.74, 6) is 0.0517. The number of carboxylic acids is 1. The Bertz CT molecular complexity index is 1760. The number of fused-ring (bicyclic) bond motifs is 1. The number of unbranched alkanes of at least 4 members (excludes halogenated alkanes) is 3. The van der Waals surface area contributed by atoms with Crippen LogP contribution < -0.4 is 14.8 Å². The average molecular weight is 799 g/mol. The molecule has 1 saturated heterocycles. The third-order valence-corrected chi connectivity index (χ3v) is 10.1. The number of benzene rings is 2. The molecule has 2 aliphatic rings. The molecule has 4 N–H and O–H groups in total. The number of carbonyl (C=O) groups excluding carboxylic acids is 1. The van der Waals surface area contributed by atoms with Gasteiger partial charge >= 0.3 is 5.97 Å². The summed E-state index contributed by atoms with van der Waals surface area (Å²) >= 11 is 5.90. The van der Waals surface area contributed by atoms with Crippen molar-refractivity contribution in [3.63, 3.8) is 0 Å². The molecule has 0 amide bonds. The highest BCUT2D eigenvalue weighted by atomic mass is 35.5. The van der Waals surface area contributed by atoms with Crippen LogP contribution in [0.15, 0.2) is 61.0 Å². The van der Waals surface area contributed by atoms with E-state index in [4.69, 9.17) is 30.9 Å². The SMILES string of the molecule is CCCCC[C@H](O)/C=C/[C@H]1[C@H](O)CC(=O)[C@@H]1C/C=C\CCCC(=O)O.COc1cc2ncnc(Nc3ccc(F)c(Cl)c3)c2cc1OCCCN1CCOCC1. The monoisotopic (exact) mass is 798 g/mol. The van der Waals surface area contributed by atoms with Crippen LogP contribution in [0, 0.1) is 17.7 Å². The minimum absolute atomic E-state index is 0.0364. The number of carbonyl (C=O) groups is 2. The largest absolute Gasteiger partial charge is 0.493 e. The van der Waals surface area contributed by atoms with Gasteiger partial charge in [0.15, 0.2) is 11.5 Å². The van der Waals surface area contributed by atoms with Crippen molar-refractivity contribution in [2.24, 2.45) is 11.8 Å². The van der Waals surface area contributed by atoms with Gasteiger partial charge in [0, 0.05) is 61.5 Å². The second-order valence-electron chi connectivity index (χ2n) is 14.0. The van der Waals surface area contributed by atoms with Crippen LogP contribution in [0.25, 0.3) is 10.9 Å². The predicted molar refractivity (Wildman–Crippen MR) is 215 cm³/mol. The molecule has 1 aliphatic heterocycles. The molecule has 2 aromatic carbocycles. The van der Waals surface area contributed by atoms with Crippen molar-refractivity contribution in [3.8, 4) is 11.5 Å². The van der Waals surface area contributed by atoms with Gasteiger partial charge in [-0.15, -0.1) is 0 Å². The van der Waals surface area contributed by atoms with Gasteiger partial charge in [0.25, 0.3) is 0 Å². The Morgan fingerprint density at radius 2 is 1.93 bits per heavy atom. The molecule has 0 radical (unpaired) electrons. The molecule has 12 nitrogen and oxygen atoms in total. The predicted octanol–water partition coefficient (Wildman–Crippen LogP) is 7.53. The molecule has 0 spiro atoms. The molecule has 0 unspecified atom stereocenters. The van der Waals surface area contributed by atoms with E-state index in [9.17, 15) is 24.2 Å². The van der Waals surface area contributed by atoms with Gasteiger partial charge in [-0.3, -0.25) is 14.5 Å². The number of methoxy groups -OCH3 is 1. The minimum Gasteiger partial charge on any atom is -0.493 e. The number of carboxylic acid groups (broad SMARTS) is 1. The molecule has 1 aromatic heterocycles. The highest BCUT2D eigenvalue weighted by Gasteiger charge is 2.39. The first-order valence-electron chi connectivity index (χ1n) is 19.5. The highest BCUT2D eigenvalue weighted by molar-refractivity contribution is 6.31. The standard InChI is InChI=1S/C22H24ClFN4O3.C20H32O5/c1-29-20-13-19-16(12-21(20)31-8-2-5-28-6-9-30-10-7-28)22(26-14-25-19)27-15-3-4-18(24)17(23)11-15;1-2-3-6-9-15(21)12-13-17-16(18(22)14-19(17)23)10-7-4-5-8-11-20(24)25/h3-4,11-14H,2,5-10H2,1H3,(H,25,26,27);4,7,12-13,15-17,19,21,23H,2-3,5-6,8-11,14H2,1H3,(H,24,25)/b;7-4-,13-12+/t;15-,16+,17+,19+/m.0/s1. The first-order valence-corrected chi connectivity index (χ1v) is 19.9. The van der Waals surface area contributed by atoms with Crippen LogP contribution in [0.3, 0.4) is 0 Å². The number of nitrogens with zero attached hydrogens (tertiary/aromatic N) is 3. The maximum absolute atomic E-state index is 13.5. The lowest BCUT2D eigenvalue weighted by atomic mass is 9.90. The molecule has 4 atom stereocenters. The summed E-state index contributed by atoms with van der Waals surface area (Å²) in [6, 6.07) is 8.09. The number of morpholine rings is 1. The number of nitrogens with one attached hydrogen (secondary N) is 1. The van der Waals surface area contributed by atoms with E-state index in [0.29, 0.717) is 60.8 Å². The molecule has 2 heterocycles. The lowest BCUT2D eigenvalue weighted by Crippen LogP contribution is -2.37. The van der Waals surface area contributed by atoms with Crippen molar-refractivity contribution < 1.29 is 43.5 Å². The van der Waals surface area contributed by atoms with Gasteiger partial charge in [-0.05, 0) is 56.4 Å². The Morgan fingerprint density at radius 3 is 2.66 bits per heavy atom. The zero-order chi connectivity index (χ0) is 40.3. The Hall–Kier alpha value is -4.14. The van der Waals surface area contributed by atoms with Gasteiger partial charge in [-0.1, -0.05) is 62.1 Å². The molecule has 0 bridgehead atoms. The Kier molecular flexibility index (Phi) is 19.0. The minimum atomic E-state index is -0.801. The van der Waals surface area contributed by atoms with E-state index in [-0.39, 0.29) is 35.5 Å². The normalized spacial score (nSPS) is 19.3. The van der Waals surface area contributed by atoms with Crippen LogP contribution in [-0.2, 0) is 14.3 Å². The van der Waals surface area contributed by atoms with Crippen LogP contribution in [0.1, 0.15) is 71.1 Å². The summed E-state index contributed by atoms with van der Waals surface area (Å²) in [4.78, 5) is 33.6. The zero-order valence-electron chi connectivity index (χ0n) is 32.4. The molecule has 2 fully saturated rings. The van der Waals surface area contributed by atoms with Crippen molar-refractivity contribution in [2.45, 2.75) is 83.3 Å². The summed E-state index contributed by atoms with van der Waals surface area (Å²) in [6.07, 6.45) is 14.4. The van der Waals surface area contributed by atoms with Crippen LogP contribution in [0.2, 0.25) is 5.02 Å². The number of anilines is 2. The summed E-state index contributed by atoms with van der Waals surface area (Å²) < 4.78 is 30.4.